The van der Waals surface area contributed by atoms with Crippen LogP contribution in [0.3, 0.4) is 0 Å². The number of nitrogens with zero attached hydrogens (tertiary/aromatic N) is 2. The molecular weight excluding hydrogens is 338 g/mol. The van der Waals surface area contributed by atoms with Gasteiger partial charge in [-0.05, 0) is 36.8 Å². The van der Waals surface area contributed by atoms with Crippen LogP contribution >= 0.6 is 0 Å². The van der Waals surface area contributed by atoms with Gasteiger partial charge < -0.3 is 10.2 Å². The van der Waals surface area contributed by atoms with Crippen LogP contribution in [0, 0.1) is 17.8 Å². The maximum Gasteiger partial charge on any atom is 0.223 e. The first kappa shape index (κ1) is 17.0. The highest BCUT2D eigenvalue weighted by Crippen LogP contribution is 2.39. The van der Waals surface area contributed by atoms with Gasteiger partial charge in [-0.1, -0.05) is 6.07 Å². The standard InChI is InChI=1S/C18H25N3O3S/c22-18(20-9-14-2-1-6-19-8-14)15-5-7-25(23,24)17-12-21(11-16(15)17)10-13-3-4-13/h1-2,6,8,13,15-17H,3-5,7,9-12H2,(H,20,22)/t15-,16-,17-/m1/s1. The minimum Gasteiger partial charge on any atom is -0.352 e. The fraction of sp³-hybridized carbons (Fsp3) is 0.667. The third-order valence-electron chi connectivity index (χ3n) is 5.82. The lowest BCUT2D eigenvalue weighted by Crippen LogP contribution is -2.47. The molecule has 0 aromatic carbocycles. The van der Waals surface area contributed by atoms with E-state index < -0.39 is 9.84 Å². The van der Waals surface area contributed by atoms with Crippen LogP contribution in [0.5, 0.6) is 0 Å². The zero-order valence-corrected chi connectivity index (χ0v) is 15.1. The summed E-state index contributed by atoms with van der Waals surface area (Å²) >= 11 is 0. The number of rotatable bonds is 5. The second-order valence-corrected chi connectivity index (χ2v) is 10.0. The predicted molar refractivity (Wildman–Crippen MR) is 94.4 cm³/mol. The summed E-state index contributed by atoms with van der Waals surface area (Å²) < 4.78 is 25.0. The predicted octanol–water partition coefficient (Wildman–Crippen LogP) is 0.843. The summed E-state index contributed by atoms with van der Waals surface area (Å²) in [6, 6.07) is 3.77. The SMILES string of the molecule is O=C(NCc1cccnc1)[C@@H]1CCS(=O)(=O)[C@@H]2CN(CC3CC3)C[C@@H]21. The molecule has 0 radical (unpaired) electrons. The number of carbonyl (C=O) groups excluding carboxylic acids is 1. The lowest BCUT2D eigenvalue weighted by atomic mass is 9.87. The average molecular weight is 363 g/mol. The van der Waals surface area contributed by atoms with E-state index in [0.29, 0.717) is 19.5 Å². The highest BCUT2D eigenvalue weighted by atomic mass is 32.2. The van der Waals surface area contributed by atoms with Crippen molar-refractivity contribution in [2.24, 2.45) is 17.8 Å². The van der Waals surface area contributed by atoms with E-state index in [1.807, 2.05) is 12.1 Å². The van der Waals surface area contributed by atoms with Crippen molar-refractivity contribution in [3.8, 4) is 0 Å². The Balaban J connectivity index is 1.43. The van der Waals surface area contributed by atoms with Gasteiger partial charge in [0.1, 0.15) is 0 Å². The van der Waals surface area contributed by atoms with E-state index in [9.17, 15) is 13.2 Å². The van der Waals surface area contributed by atoms with Crippen molar-refractivity contribution >= 4 is 15.7 Å². The normalized spacial score (nSPS) is 31.4. The smallest absolute Gasteiger partial charge is 0.223 e. The number of fused-ring (bicyclic) bond motifs is 1. The first-order valence-electron chi connectivity index (χ1n) is 9.13. The lowest BCUT2D eigenvalue weighted by molar-refractivity contribution is -0.126. The fourth-order valence-corrected chi connectivity index (χ4v) is 6.40. The van der Waals surface area contributed by atoms with Crippen molar-refractivity contribution in [1.29, 1.82) is 0 Å². The van der Waals surface area contributed by atoms with Crippen LogP contribution in [-0.2, 0) is 21.2 Å². The third-order valence-corrected chi connectivity index (χ3v) is 8.04. The van der Waals surface area contributed by atoms with Gasteiger partial charge in [-0.2, -0.15) is 0 Å². The molecule has 2 aliphatic heterocycles. The molecule has 1 aromatic heterocycles. The molecule has 3 aliphatic rings. The second-order valence-electron chi connectivity index (χ2n) is 7.71. The Morgan fingerprint density at radius 3 is 2.84 bits per heavy atom. The number of nitrogens with one attached hydrogen (secondary N) is 1. The van der Waals surface area contributed by atoms with Crippen LogP contribution in [0.15, 0.2) is 24.5 Å². The molecule has 0 unspecified atom stereocenters. The number of aromatic nitrogens is 1. The van der Waals surface area contributed by atoms with Gasteiger partial charge in [0.2, 0.25) is 5.91 Å². The molecule has 4 rings (SSSR count). The second kappa shape index (κ2) is 6.68. The van der Waals surface area contributed by atoms with Crippen molar-refractivity contribution in [3.05, 3.63) is 30.1 Å². The minimum atomic E-state index is -3.07. The molecule has 136 valence electrons. The molecule has 7 heteroatoms. The molecule has 6 nitrogen and oxygen atoms in total. The van der Waals surface area contributed by atoms with Crippen LogP contribution in [-0.4, -0.2) is 54.8 Å². The van der Waals surface area contributed by atoms with Crippen LogP contribution in [0.4, 0.5) is 0 Å². The van der Waals surface area contributed by atoms with Crippen molar-refractivity contribution in [2.45, 2.75) is 31.1 Å². The third kappa shape index (κ3) is 3.72. The minimum absolute atomic E-state index is 0.0120. The van der Waals surface area contributed by atoms with Crippen molar-refractivity contribution < 1.29 is 13.2 Å². The van der Waals surface area contributed by atoms with E-state index in [1.165, 1.54) is 12.8 Å². The number of pyridine rings is 1. The van der Waals surface area contributed by atoms with Gasteiger partial charge in [-0.15, -0.1) is 0 Å². The molecule has 1 saturated carbocycles. The van der Waals surface area contributed by atoms with Crippen molar-refractivity contribution in [3.63, 3.8) is 0 Å². The summed E-state index contributed by atoms with van der Waals surface area (Å²) in [6.45, 7) is 2.78. The number of hydrogen-bond acceptors (Lipinski definition) is 5. The van der Waals surface area contributed by atoms with Gasteiger partial charge in [-0.25, -0.2) is 8.42 Å². The van der Waals surface area contributed by atoms with E-state index in [1.54, 1.807) is 12.4 Å². The number of amides is 1. The maximum atomic E-state index is 12.7. The quantitative estimate of drug-likeness (QED) is 0.839. The molecule has 0 bridgehead atoms. The molecule has 25 heavy (non-hydrogen) atoms. The Kier molecular flexibility index (Phi) is 4.54. The van der Waals surface area contributed by atoms with Gasteiger partial charge in [0, 0.05) is 50.4 Å². The zero-order valence-electron chi connectivity index (χ0n) is 14.3. The largest absolute Gasteiger partial charge is 0.352 e. The number of sulfone groups is 1. The van der Waals surface area contributed by atoms with Crippen molar-refractivity contribution in [2.75, 3.05) is 25.4 Å². The van der Waals surface area contributed by atoms with Gasteiger partial charge in [0.15, 0.2) is 9.84 Å². The van der Waals surface area contributed by atoms with E-state index in [-0.39, 0.29) is 28.7 Å². The molecule has 2 saturated heterocycles. The Morgan fingerprint density at radius 1 is 1.28 bits per heavy atom. The Hall–Kier alpha value is -1.47. The summed E-state index contributed by atoms with van der Waals surface area (Å²) in [5, 5.41) is 2.62. The van der Waals surface area contributed by atoms with Gasteiger partial charge in [0.05, 0.1) is 11.0 Å². The van der Waals surface area contributed by atoms with Crippen molar-refractivity contribution in [1.82, 2.24) is 15.2 Å². The first-order valence-corrected chi connectivity index (χ1v) is 10.8. The molecule has 1 aromatic rings. The lowest BCUT2D eigenvalue weighted by Gasteiger charge is -2.31. The van der Waals surface area contributed by atoms with Crippen LogP contribution in [0.1, 0.15) is 24.8 Å². The average Bonchev–Trinajstić information content (AvgIpc) is 3.30. The molecule has 3 fully saturated rings. The zero-order chi connectivity index (χ0) is 17.4. The Morgan fingerprint density at radius 2 is 2.12 bits per heavy atom. The summed E-state index contributed by atoms with van der Waals surface area (Å²) in [5.41, 5.74) is 0.956. The van der Waals surface area contributed by atoms with E-state index in [4.69, 9.17) is 0 Å². The molecule has 1 N–H and O–H groups in total. The number of hydrogen-bond donors (Lipinski definition) is 1. The first-order chi connectivity index (χ1) is 12.0. The molecule has 3 atom stereocenters. The van der Waals surface area contributed by atoms with Gasteiger partial charge >= 0.3 is 0 Å². The summed E-state index contributed by atoms with van der Waals surface area (Å²) in [6.07, 6.45) is 6.40. The van der Waals surface area contributed by atoms with Gasteiger partial charge in [-0.3, -0.25) is 9.78 Å². The topological polar surface area (TPSA) is 79.4 Å². The monoisotopic (exact) mass is 363 g/mol. The summed E-state index contributed by atoms with van der Waals surface area (Å²) in [5.74, 6) is 0.597. The maximum absolute atomic E-state index is 12.7. The van der Waals surface area contributed by atoms with Crippen LogP contribution in [0.2, 0.25) is 0 Å². The Bertz CT molecular complexity index is 733. The molecule has 1 aliphatic carbocycles. The molecule has 1 amide bonds. The van der Waals surface area contributed by atoms with Crippen LogP contribution < -0.4 is 5.32 Å². The number of carbonyl (C=O) groups is 1. The van der Waals surface area contributed by atoms with E-state index in [0.717, 1.165) is 24.6 Å². The Labute approximate surface area is 148 Å². The molecular formula is C18H25N3O3S. The molecule has 0 spiro atoms. The highest BCUT2D eigenvalue weighted by Gasteiger charge is 2.50. The van der Waals surface area contributed by atoms with Gasteiger partial charge in [0.25, 0.3) is 0 Å². The van der Waals surface area contributed by atoms with E-state index >= 15 is 0 Å². The fourth-order valence-electron chi connectivity index (χ4n) is 4.27. The molecule has 3 heterocycles. The van der Waals surface area contributed by atoms with E-state index in [2.05, 4.69) is 15.2 Å². The highest BCUT2D eigenvalue weighted by molar-refractivity contribution is 7.92. The summed E-state index contributed by atoms with van der Waals surface area (Å²) in [7, 11) is -3.07. The van der Waals surface area contributed by atoms with Crippen LogP contribution in [0.25, 0.3) is 0 Å². The summed E-state index contributed by atoms with van der Waals surface area (Å²) in [4.78, 5) is 19.0. The number of likely N-dealkylation sites (tertiary alicyclic amines) is 1.